The summed E-state index contributed by atoms with van der Waals surface area (Å²) in [5.41, 5.74) is 2.25. The number of aryl methyl sites for hydroxylation is 1. The fourth-order valence-electron chi connectivity index (χ4n) is 3.82. The van der Waals surface area contributed by atoms with Crippen molar-refractivity contribution in [1.82, 2.24) is 14.7 Å². The highest BCUT2D eigenvalue weighted by atomic mass is 19.1. The molecule has 2 aromatic carbocycles. The predicted molar refractivity (Wildman–Crippen MR) is 132 cm³/mol. The summed E-state index contributed by atoms with van der Waals surface area (Å²) in [5, 5.41) is 15.2. The van der Waals surface area contributed by atoms with Crippen LogP contribution in [-0.2, 0) is 11.3 Å². The van der Waals surface area contributed by atoms with Crippen LogP contribution < -0.4 is 4.74 Å². The lowest BCUT2D eigenvalue weighted by molar-refractivity contribution is 0.0143. The standard InChI is InChI=1S/C27H35F2N3O3/c1-4-6-15-34-19-23(33)17-31(14-5-2)18-24-20(3)30-32(22-10-8-7-9-11-22)27(24)35-26-13-12-21(28)16-25(26)29/h7-13,16,23,33H,4-6,14-15,17-19H2,1-3H3/t23-/m0/s1. The average Bonchev–Trinajstić information content (AvgIpc) is 3.14. The summed E-state index contributed by atoms with van der Waals surface area (Å²) >= 11 is 0. The van der Waals surface area contributed by atoms with Crippen molar-refractivity contribution < 1.29 is 23.4 Å². The molecule has 6 nitrogen and oxygen atoms in total. The molecule has 0 saturated heterocycles. The van der Waals surface area contributed by atoms with Crippen LogP contribution in [0.15, 0.2) is 48.5 Å². The minimum absolute atomic E-state index is 0.0869. The van der Waals surface area contributed by atoms with Crippen LogP contribution in [0.2, 0.25) is 0 Å². The van der Waals surface area contributed by atoms with Crippen molar-refractivity contribution in [2.45, 2.75) is 52.7 Å². The molecule has 1 heterocycles. The minimum atomic E-state index is -0.792. The van der Waals surface area contributed by atoms with Gasteiger partial charge in [0.15, 0.2) is 11.6 Å². The summed E-state index contributed by atoms with van der Waals surface area (Å²) in [7, 11) is 0. The third kappa shape index (κ3) is 7.59. The van der Waals surface area contributed by atoms with Gasteiger partial charge in [0.2, 0.25) is 5.88 Å². The van der Waals surface area contributed by atoms with Gasteiger partial charge in [-0.05, 0) is 50.6 Å². The van der Waals surface area contributed by atoms with Gasteiger partial charge in [-0.2, -0.15) is 5.10 Å². The molecule has 3 aromatic rings. The third-order valence-electron chi connectivity index (χ3n) is 5.58. The molecule has 0 unspecified atom stereocenters. The highest BCUT2D eigenvalue weighted by Crippen LogP contribution is 2.33. The van der Waals surface area contributed by atoms with Crippen molar-refractivity contribution in [2.75, 3.05) is 26.3 Å². The first-order valence-electron chi connectivity index (χ1n) is 12.2. The summed E-state index contributed by atoms with van der Waals surface area (Å²) in [6.07, 6.45) is 2.25. The van der Waals surface area contributed by atoms with Gasteiger partial charge in [-0.15, -0.1) is 0 Å². The first kappa shape index (κ1) is 26.8. The number of unbranched alkanes of at least 4 members (excludes halogenated alkanes) is 1. The molecule has 0 fully saturated rings. The second-order valence-electron chi connectivity index (χ2n) is 8.61. The Morgan fingerprint density at radius 1 is 1.09 bits per heavy atom. The molecule has 0 aliphatic carbocycles. The molecule has 1 atom stereocenters. The normalized spacial score (nSPS) is 12.3. The predicted octanol–water partition coefficient (Wildman–Crippen LogP) is 5.64. The highest BCUT2D eigenvalue weighted by molar-refractivity contribution is 5.43. The number of aromatic nitrogens is 2. The number of hydrogen-bond acceptors (Lipinski definition) is 5. The van der Waals surface area contributed by atoms with Gasteiger partial charge in [0.1, 0.15) is 5.82 Å². The number of ether oxygens (including phenoxy) is 2. The number of aliphatic hydroxyl groups is 1. The molecule has 1 N–H and O–H groups in total. The van der Waals surface area contributed by atoms with Crippen LogP contribution in [0, 0.1) is 18.6 Å². The van der Waals surface area contributed by atoms with Gasteiger partial charge >= 0.3 is 0 Å². The molecule has 0 bridgehead atoms. The molecule has 8 heteroatoms. The van der Waals surface area contributed by atoms with E-state index in [2.05, 4.69) is 23.8 Å². The average molecular weight is 488 g/mol. The summed E-state index contributed by atoms with van der Waals surface area (Å²) in [5.74, 6) is -1.20. The van der Waals surface area contributed by atoms with E-state index in [0.29, 0.717) is 25.6 Å². The van der Waals surface area contributed by atoms with Crippen LogP contribution in [0.5, 0.6) is 11.6 Å². The van der Waals surface area contributed by atoms with Gasteiger partial charge in [0.05, 0.1) is 29.7 Å². The summed E-state index contributed by atoms with van der Waals surface area (Å²) < 4.78 is 41.2. The van der Waals surface area contributed by atoms with Crippen molar-refractivity contribution in [3.8, 4) is 17.3 Å². The number of rotatable bonds is 14. The molecular weight excluding hydrogens is 452 g/mol. The fraction of sp³-hybridized carbons (Fsp3) is 0.444. The molecule has 0 aliphatic heterocycles. The maximum Gasteiger partial charge on any atom is 0.227 e. The number of para-hydroxylation sites is 1. The van der Waals surface area contributed by atoms with Crippen LogP contribution in [0.25, 0.3) is 5.69 Å². The summed E-state index contributed by atoms with van der Waals surface area (Å²) in [6, 6.07) is 12.6. The molecule has 0 spiro atoms. The molecule has 35 heavy (non-hydrogen) atoms. The molecule has 0 radical (unpaired) electrons. The van der Waals surface area contributed by atoms with E-state index < -0.39 is 17.7 Å². The topological polar surface area (TPSA) is 59.8 Å². The van der Waals surface area contributed by atoms with E-state index in [1.165, 1.54) is 6.07 Å². The van der Waals surface area contributed by atoms with Crippen LogP contribution in [0.4, 0.5) is 8.78 Å². The minimum Gasteiger partial charge on any atom is -0.435 e. The Morgan fingerprint density at radius 3 is 2.54 bits per heavy atom. The van der Waals surface area contributed by atoms with Crippen LogP contribution >= 0.6 is 0 Å². The third-order valence-corrected chi connectivity index (χ3v) is 5.58. The zero-order valence-electron chi connectivity index (χ0n) is 20.7. The molecule has 0 aliphatic rings. The van der Waals surface area contributed by atoms with E-state index in [1.807, 2.05) is 37.3 Å². The monoisotopic (exact) mass is 487 g/mol. The largest absolute Gasteiger partial charge is 0.435 e. The SMILES string of the molecule is CCCCOC[C@@H](O)CN(CCC)Cc1c(C)nn(-c2ccccc2)c1Oc1ccc(F)cc1F. The van der Waals surface area contributed by atoms with Crippen molar-refractivity contribution in [1.29, 1.82) is 0 Å². The lowest BCUT2D eigenvalue weighted by Crippen LogP contribution is -2.35. The van der Waals surface area contributed by atoms with Crippen LogP contribution in [0.3, 0.4) is 0 Å². The smallest absolute Gasteiger partial charge is 0.227 e. The second-order valence-corrected chi connectivity index (χ2v) is 8.61. The molecule has 3 rings (SSSR count). The number of benzene rings is 2. The van der Waals surface area contributed by atoms with E-state index in [1.54, 1.807) is 4.68 Å². The maximum atomic E-state index is 14.5. The van der Waals surface area contributed by atoms with Gasteiger partial charge in [0, 0.05) is 25.8 Å². The van der Waals surface area contributed by atoms with E-state index in [-0.39, 0.29) is 12.4 Å². The number of hydrogen-bond donors (Lipinski definition) is 1. The Bertz CT molecular complexity index is 1060. The number of halogens is 2. The van der Waals surface area contributed by atoms with E-state index in [4.69, 9.17) is 9.47 Å². The van der Waals surface area contributed by atoms with Crippen LogP contribution in [0.1, 0.15) is 44.4 Å². The Labute approximate surface area is 206 Å². The van der Waals surface area contributed by atoms with Crippen molar-refractivity contribution in [2.24, 2.45) is 0 Å². The van der Waals surface area contributed by atoms with E-state index in [9.17, 15) is 13.9 Å². The molecule has 190 valence electrons. The fourth-order valence-corrected chi connectivity index (χ4v) is 3.82. The quantitative estimate of drug-likeness (QED) is 0.298. The lowest BCUT2D eigenvalue weighted by atomic mass is 10.2. The number of nitrogens with zero attached hydrogens (tertiary/aromatic N) is 3. The van der Waals surface area contributed by atoms with Gasteiger partial charge in [0.25, 0.3) is 0 Å². The zero-order chi connectivity index (χ0) is 25.2. The van der Waals surface area contributed by atoms with Crippen molar-refractivity contribution in [3.63, 3.8) is 0 Å². The van der Waals surface area contributed by atoms with Gasteiger partial charge in [-0.25, -0.2) is 13.5 Å². The van der Waals surface area contributed by atoms with Crippen molar-refractivity contribution >= 4 is 0 Å². The molecular formula is C27H35F2N3O3. The zero-order valence-corrected chi connectivity index (χ0v) is 20.7. The van der Waals surface area contributed by atoms with Gasteiger partial charge < -0.3 is 14.6 Å². The first-order valence-corrected chi connectivity index (χ1v) is 12.2. The van der Waals surface area contributed by atoms with Gasteiger partial charge in [-0.1, -0.05) is 38.5 Å². The Morgan fingerprint density at radius 2 is 1.86 bits per heavy atom. The number of aliphatic hydroxyl groups excluding tert-OH is 1. The Kier molecular flexibility index (Phi) is 10.2. The van der Waals surface area contributed by atoms with E-state index >= 15 is 0 Å². The van der Waals surface area contributed by atoms with Gasteiger partial charge in [-0.3, -0.25) is 4.90 Å². The molecule has 0 amide bonds. The Hall–Kier alpha value is -2.81. The molecule has 0 saturated carbocycles. The molecule has 1 aromatic heterocycles. The first-order chi connectivity index (χ1) is 16.9. The Balaban J connectivity index is 1.89. The lowest BCUT2D eigenvalue weighted by Gasteiger charge is -2.25. The summed E-state index contributed by atoms with van der Waals surface area (Å²) in [6.45, 7) is 8.54. The highest BCUT2D eigenvalue weighted by Gasteiger charge is 2.23. The van der Waals surface area contributed by atoms with Crippen LogP contribution in [-0.4, -0.2) is 52.2 Å². The maximum absolute atomic E-state index is 14.5. The van der Waals surface area contributed by atoms with E-state index in [0.717, 1.165) is 54.9 Å². The summed E-state index contributed by atoms with van der Waals surface area (Å²) in [4.78, 5) is 2.11. The van der Waals surface area contributed by atoms with Crippen molar-refractivity contribution in [3.05, 3.63) is 71.4 Å². The second kappa shape index (κ2) is 13.3.